The van der Waals surface area contributed by atoms with Gasteiger partial charge >= 0.3 is 33.3 Å². The second-order valence-corrected chi connectivity index (χ2v) is 13.2. The number of carbonyl (C=O) groups is 2. The van der Waals surface area contributed by atoms with Gasteiger partial charge in [-0.05, 0) is 37.2 Å². The molecule has 1 aliphatic rings. The number of rotatable bonds is 13. The Balaban J connectivity index is 1.64. The van der Waals surface area contributed by atoms with Crippen molar-refractivity contribution >= 4 is 39.0 Å². The fourth-order valence-electron chi connectivity index (χ4n) is 4.23. The Labute approximate surface area is 260 Å². The highest BCUT2D eigenvalue weighted by Crippen LogP contribution is 2.60. The predicted molar refractivity (Wildman–Crippen MR) is 161 cm³/mol. The molecule has 0 radical (unpaired) electrons. The Kier molecular flexibility index (Phi) is 11.7. The Morgan fingerprint density at radius 2 is 1.48 bits per heavy atom. The maximum atomic E-state index is 13.0. The first-order valence-electron chi connectivity index (χ1n) is 13.6. The molecule has 1 fully saturated rings. The van der Waals surface area contributed by atoms with E-state index < -0.39 is 76.2 Å². The van der Waals surface area contributed by atoms with Gasteiger partial charge < -0.3 is 29.7 Å². The maximum absolute atomic E-state index is 13.0. The van der Waals surface area contributed by atoms with Crippen LogP contribution >= 0.6 is 15.4 Å². The van der Waals surface area contributed by atoms with Gasteiger partial charge in [0.05, 0.1) is 12.8 Å². The molecule has 0 spiro atoms. The molecule has 0 bridgehead atoms. The summed E-state index contributed by atoms with van der Waals surface area (Å²) in [6, 6.07) is 17.1. The van der Waals surface area contributed by atoms with E-state index in [9.17, 15) is 38.1 Å². The minimum absolute atomic E-state index is 0.00557. The number of phosphoric ester groups is 1. The van der Waals surface area contributed by atoms with Crippen LogP contribution in [0, 0.1) is 0 Å². The van der Waals surface area contributed by atoms with Gasteiger partial charge in [0.15, 0.2) is 18.4 Å². The van der Waals surface area contributed by atoms with Crippen molar-refractivity contribution < 1.29 is 51.6 Å². The number of nitrogens with two attached hydrogens (primary N) is 1. The largest absolute Gasteiger partial charge is 0.479 e. The maximum Gasteiger partial charge on any atom is 0.479 e. The van der Waals surface area contributed by atoms with Gasteiger partial charge in [0.1, 0.15) is 6.10 Å². The second kappa shape index (κ2) is 15.4. The zero-order chi connectivity index (χ0) is 33.3. The van der Waals surface area contributed by atoms with Crippen LogP contribution in [0.4, 0.5) is 21.0 Å². The topological polar surface area (TPSA) is 260 Å². The van der Waals surface area contributed by atoms with Crippen molar-refractivity contribution in [1.29, 1.82) is 0 Å². The monoisotopic (exact) mass is 683 g/mol. The smallest absolute Gasteiger partial charge is 0.439 e. The van der Waals surface area contributed by atoms with Crippen LogP contribution in [0.3, 0.4) is 0 Å². The Morgan fingerprint density at radius 3 is 2.02 bits per heavy atom. The lowest BCUT2D eigenvalue weighted by molar-refractivity contribution is -0.0552. The quantitative estimate of drug-likeness (QED) is 0.141. The number of ether oxygens (including phenoxy) is 3. The number of phosphoric acid groups is 1. The molecule has 2 heterocycles. The van der Waals surface area contributed by atoms with Gasteiger partial charge in [-0.2, -0.15) is 0 Å². The van der Waals surface area contributed by atoms with Crippen molar-refractivity contribution in [3.63, 3.8) is 0 Å². The summed E-state index contributed by atoms with van der Waals surface area (Å²) in [6.07, 6.45) is -8.10. The van der Waals surface area contributed by atoms with E-state index in [4.69, 9.17) is 24.5 Å². The number of anilines is 2. The fraction of sp³-hybridized carbons (Fsp3) is 0.308. The second-order valence-electron chi connectivity index (χ2n) is 9.65. The molecule has 1 aliphatic heterocycles. The number of hydrogen-bond donors (Lipinski definition) is 6. The van der Waals surface area contributed by atoms with E-state index in [1.54, 1.807) is 60.7 Å². The zero-order valence-corrected chi connectivity index (χ0v) is 25.7. The molecule has 1 aromatic heterocycles. The molecule has 0 aliphatic carbocycles. The van der Waals surface area contributed by atoms with Crippen molar-refractivity contribution in [3.05, 3.63) is 93.8 Å². The van der Waals surface area contributed by atoms with Gasteiger partial charge in [0, 0.05) is 23.6 Å². The van der Waals surface area contributed by atoms with E-state index in [0.717, 1.165) is 16.8 Å². The van der Waals surface area contributed by atoms with Crippen LogP contribution in [0.25, 0.3) is 0 Å². The first-order valence-corrected chi connectivity index (χ1v) is 16.8. The summed E-state index contributed by atoms with van der Waals surface area (Å²) in [7, 11) is -9.86. The molecule has 4 rings (SSSR count). The van der Waals surface area contributed by atoms with E-state index in [-0.39, 0.29) is 13.0 Å². The average molecular weight is 684 g/mol. The van der Waals surface area contributed by atoms with Gasteiger partial charge in [0.2, 0.25) is 0 Å². The zero-order valence-electron chi connectivity index (χ0n) is 23.9. The highest BCUT2D eigenvalue weighted by Gasteiger charge is 2.52. The number of nitrogens with zero attached hydrogens (tertiary/aromatic N) is 1. The van der Waals surface area contributed by atoms with Crippen LogP contribution in [-0.2, 0) is 32.2 Å². The molecule has 6 unspecified atom stereocenters. The molecule has 7 N–H and O–H groups in total. The molecular weight excluding hydrogens is 652 g/mol. The summed E-state index contributed by atoms with van der Waals surface area (Å²) in [5.41, 5.74) is 4.20. The summed E-state index contributed by atoms with van der Waals surface area (Å²) in [4.78, 5) is 72.5. The van der Waals surface area contributed by atoms with Gasteiger partial charge in [-0.1, -0.05) is 36.4 Å². The van der Waals surface area contributed by atoms with Crippen molar-refractivity contribution in [1.82, 2.24) is 9.55 Å². The number of hydrogen-bond acceptors (Lipinski definition) is 12. The van der Waals surface area contributed by atoms with E-state index in [0.29, 0.717) is 11.4 Å². The number of amides is 2. The lowest BCUT2D eigenvalue weighted by Gasteiger charge is -2.25. The minimum Gasteiger partial charge on any atom is -0.439 e. The molecule has 1 saturated heterocycles. The van der Waals surface area contributed by atoms with Gasteiger partial charge in [0.25, 0.3) is 5.56 Å². The van der Waals surface area contributed by atoms with Crippen molar-refractivity contribution in [2.24, 2.45) is 5.73 Å². The van der Waals surface area contributed by atoms with Crippen molar-refractivity contribution in [2.75, 3.05) is 29.9 Å². The lowest BCUT2D eigenvalue weighted by Crippen LogP contribution is -2.44. The number of nitrogens with one attached hydrogen (secondary N) is 3. The van der Waals surface area contributed by atoms with Crippen molar-refractivity contribution in [3.8, 4) is 0 Å². The molecule has 6 atom stereocenters. The first kappa shape index (κ1) is 34.7. The van der Waals surface area contributed by atoms with E-state index >= 15 is 0 Å². The summed E-state index contributed by atoms with van der Waals surface area (Å²) in [5.74, 6) is 0. The number of carbonyl (C=O) groups excluding carboxylic acids is 2. The Morgan fingerprint density at radius 1 is 0.913 bits per heavy atom. The molecule has 2 amide bonds. The molecular formula is C26H31N5O13P2. The van der Waals surface area contributed by atoms with Crippen LogP contribution in [0.15, 0.2) is 82.5 Å². The van der Waals surface area contributed by atoms with Gasteiger partial charge in [-0.3, -0.25) is 34.1 Å². The Bertz CT molecular complexity index is 1710. The fourth-order valence-corrected chi connectivity index (χ4v) is 6.95. The third-order valence-electron chi connectivity index (χ3n) is 6.21. The first-order chi connectivity index (χ1) is 21.9. The van der Waals surface area contributed by atoms with E-state index in [1.165, 1.54) is 0 Å². The SMILES string of the molecule is NCCCP(=O)(O)OP(=O)(O)OCC1OC(n2ccc(=O)[nH]c2=O)C(OC(=O)Nc2ccccc2)C1OC(=O)Nc1ccccc1. The number of benzene rings is 2. The molecule has 46 heavy (non-hydrogen) atoms. The highest BCUT2D eigenvalue weighted by molar-refractivity contribution is 7.64. The van der Waals surface area contributed by atoms with Crippen LogP contribution in [-0.4, -0.2) is 69.1 Å². The summed E-state index contributed by atoms with van der Waals surface area (Å²) in [6.45, 7) is -0.933. The molecule has 2 aromatic carbocycles. The van der Waals surface area contributed by atoms with Crippen molar-refractivity contribution in [2.45, 2.75) is 31.0 Å². The van der Waals surface area contributed by atoms with Gasteiger partial charge in [-0.15, -0.1) is 0 Å². The van der Waals surface area contributed by atoms with Crippen LogP contribution in [0.2, 0.25) is 0 Å². The normalized spacial score (nSPS) is 21.8. The average Bonchev–Trinajstić information content (AvgIpc) is 3.31. The number of H-pyrrole nitrogens is 1. The molecule has 0 saturated carbocycles. The lowest BCUT2D eigenvalue weighted by atomic mass is 10.1. The third-order valence-corrected chi connectivity index (χ3v) is 9.42. The highest BCUT2D eigenvalue weighted by atomic mass is 31.3. The van der Waals surface area contributed by atoms with Crippen LogP contribution in [0.5, 0.6) is 0 Å². The van der Waals surface area contributed by atoms with Gasteiger partial charge in [-0.25, -0.2) is 23.3 Å². The third kappa shape index (κ3) is 9.94. The molecule has 3 aromatic rings. The summed E-state index contributed by atoms with van der Waals surface area (Å²) in [5, 5.41) is 4.93. The van der Waals surface area contributed by atoms with E-state index in [1.807, 2.05) is 4.98 Å². The number of para-hydroxylation sites is 2. The number of aromatic amines is 1. The van der Waals surface area contributed by atoms with E-state index in [2.05, 4.69) is 14.9 Å². The summed E-state index contributed by atoms with van der Waals surface area (Å²) < 4.78 is 52.0. The minimum atomic E-state index is -5.25. The Hall–Kier alpha value is -4.12. The number of aromatic nitrogens is 2. The molecule has 18 nitrogen and oxygen atoms in total. The van der Waals surface area contributed by atoms with Crippen LogP contribution < -0.4 is 27.6 Å². The molecule has 248 valence electrons. The standard InChI is InChI=1S/C26H31N5O13P2/c27-13-7-15-45(36,37)44-46(38,39)40-16-19-21(42-25(34)28-17-8-3-1-4-9-17)22(43-26(35)29-18-10-5-2-6-11-18)23(41-19)31-14-12-20(32)30-24(31)33/h1-6,8-12,14,19,21-23H,7,13,15-16,27H2,(H,28,34)(H,29,35)(H,36,37)(H,38,39)(H,30,32,33). The predicted octanol–water partition coefficient (Wildman–Crippen LogP) is 2.34. The van der Waals surface area contributed by atoms with Crippen LogP contribution in [0.1, 0.15) is 12.6 Å². The summed E-state index contributed by atoms with van der Waals surface area (Å²) >= 11 is 0. The molecule has 20 heteroatoms.